The van der Waals surface area contributed by atoms with Gasteiger partial charge in [-0.25, -0.2) is 0 Å². The Morgan fingerprint density at radius 3 is 2.84 bits per heavy atom. The molecule has 0 radical (unpaired) electrons. The van der Waals surface area contributed by atoms with Gasteiger partial charge in [-0.1, -0.05) is 13.3 Å². The summed E-state index contributed by atoms with van der Waals surface area (Å²) < 4.78 is 0. The molecule has 0 aromatic carbocycles. The molecule has 0 aromatic heterocycles. The fourth-order valence-electron chi connectivity index (χ4n) is 3.32. The largest absolute Gasteiger partial charge is 0.372 e. The minimum Gasteiger partial charge on any atom is -0.372 e. The van der Waals surface area contributed by atoms with Crippen molar-refractivity contribution in [2.75, 3.05) is 32.7 Å². The zero-order chi connectivity index (χ0) is 13.2. The van der Waals surface area contributed by atoms with Crippen LogP contribution in [0.25, 0.3) is 0 Å². The van der Waals surface area contributed by atoms with E-state index in [1.54, 1.807) is 0 Å². The van der Waals surface area contributed by atoms with E-state index in [0.717, 1.165) is 57.7 Å². The Hall–Kier alpha value is -1.16. The third-order valence-electron chi connectivity index (χ3n) is 4.57. The maximum atomic E-state index is 12.0. The first-order valence-electron chi connectivity index (χ1n) is 7.55. The second-order valence-corrected chi connectivity index (χ2v) is 5.75. The van der Waals surface area contributed by atoms with E-state index in [0.29, 0.717) is 12.3 Å². The Balaban J connectivity index is 1.94. The van der Waals surface area contributed by atoms with Crippen LogP contribution in [-0.2, 0) is 4.79 Å². The van der Waals surface area contributed by atoms with Crippen LogP contribution in [0.1, 0.15) is 32.6 Å². The van der Waals surface area contributed by atoms with Crippen molar-refractivity contribution < 1.29 is 4.79 Å². The van der Waals surface area contributed by atoms with Crippen LogP contribution in [0.2, 0.25) is 0 Å². The minimum absolute atomic E-state index is 0.263. The molecule has 0 bridgehead atoms. The molecule has 3 rings (SSSR count). The topological polar surface area (TPSA) is 44.7 Å². The summed E-state index contributed by atoms with van der Waals surface area (Å²) in [5, 5.41) is 3.40. The minimum atomic E-state index is 0.263. The summed E-state index contributed by atoms with van der Waals surface area (Å²) in [6.45, 7) is 7.29. The van der Waals surface area contributed by atoms with Crippen molar-refractivity contribution in [2.24, 2.45) is 10.9 Å². The standard InChI is InChI=1S/C15H23N3O/c1-2-11-9-13(18-7-5-16-6-8-18)12-3-4-14(19)15(12)17-10-11/h11,16H,2-10H2,1H3. The molecule has 2 aliphatic heterocycles. The van der Waals surface area contributed by atoms with Crippen LogP contribution in [0, 0.1) is 5.92 Å². The number of carbonyl (C=O) groups is 1. The molecular weight excluding hydrogens is 238 g/mol. The van der Waals surface area contributed by atoms with Crippen LogP contribution in [0.15, 0.2) is 16.3 Å². The SMILES string of the molecule is CCC1CN=C2C(=O)CCC2=C(N2CCNCC2)C1. The lowest BCUT2D eigenvalue weighted by Gasteiger charge is -2.33. The Morgan fingerprint density at radius 1 is 1.32 bits per heavy atom. The van der Waals surface area contributed by atoms with Crippen molar-refractivity contribution in [1.29, 1.82) is 0 Å². The predicted molar refractivity (Wildman–Crippen MR) is 76.4 cm³/mol. The lowest BCUT2D eigenvalue weighted by atomic mass is 9.97. The highest BCUT2D eigenvalue weighted by Gasteiger charge is 2.32. The van der Waals surface area contributed by atoms with Crippen LogP contribution < -0.4 is 5.32 Å². The number of rotatable bonds is 2. The van der Waals surface area contributed by atoms with Gasteiger partial charge in [-0.2, -0.15) is 0 Å². The third kappa shape index (κ3) is 2.46. The van der Waals surface area contributed by atoms with Crippen molar-refractivity contribution >= 4 is 11.5 Å². The van der Waals surface area contributed by atoms with Gasteiger partial charge in [0.25, 0.3) is 0 Å². The number of fused-ring (bicyclic) bond motifs is 1. The van der Waals surface area contributed by atoms with Crippen molar-refractivity contribution in [3.05, 3.63) is 11.3 Å². The average Bonchev–Trinajstić information content (AvgIpc) is 2.72. The number of Topliss-reactive ketones (excluding diaryl/α,β-unsaturated/α-hetero) is 1. The summed E-state index contributed by atoms with van der Waals surface area (Å²) in [7, 11) is 0. The first-order valence-corrected chi connectivity index (χ1v) is 7.55. The summed E-state index contributed by atoms with van der Waals surface area (Å²) in [5.41, 5.74) is 3.50. The van der Waals surface area contributed by atoms with Gasteiger partial charge >= 0.3 is 0 Å². The molecule has 104 valence electrons. The Labute approximate surface area is 115 Å². The van der Waals surface area contributed by atoms with Crippen LogP contribution in [0.3, 0.4) is 0 Å². The van der Waals surface area contributed by atoms with Crippen molar-refractivity contribution in [3.63, 3.8) is 0 Å². The number of allylic oxidation sites excluding steroid dienone is 2. The fourth-order valence-corrected chi connectivity index (χ4v) is 3.32. The highest BCUT2D eigenvalue weighted by atomic mass is 16.1. The molecule has 19 heavy (non-hydrogen) atoms. The summed E-state index contributed by atoms with van der Waals surface area (Å²) >= 11 is 0. The van der Waals surface area contributed by atoms with E-state index in [1.165, 1.54) is 11.3 Å². The van der Waals surface area contributed by atoms with E-state index in [4.69, 9.17) is 0 Å². The summed E-state index contributed by atoms with van der Waals surface area (Å²) in [4.78, 5) is 19.1. The van der Waals surface area contributed by atoms with Gasteiger partial charge in [0.1, 0.15) is 5.71 Å². The Kier molecular flexibility index (Phi) is 3.69. The predicted octanol–water partition coefficient (Wildman–Crippen LogP) is 1.38. The monoisotopic (exact) mass is 261 g/mol. The zero-order valence-corrected chi connectivity index (χ0v) is 11.7. The van der Waals surface area contributed by atoms with Gasteiger partial charge in [0.05, 0.1) is 0 Å². The summed E-state index contributed by atoms with van der Waals surface area (Å²) in [6, 6.07) is 0. The summed E-state index contributed by atoms with van der Waals surface area (Å²) in [6.07, 6.45) is 3.83. The van der Waals surface area contributed by atoms with E-state index in [9.17, 15) is 4.79 Å². The Bertz CT molecular complexity index is 433. The molecule has 1 atom stereocenters. The number of nitrogens with zero attached hydrogens (tertiary/aromatic N) is 2. The van der Waals surface area contributed by atoms with E-state index in [1.807, 2.05) is 0 Å². The van der Waals surface area contributed by atoms with Gasteiger partial charge in [-0.15, -0.1) is 0 Å². The number of nitrogens with one attached hydrogen (secondary N) is 1. The molecule has 4 nitrogen and oxygen atoms in total. The highest BCUT2D eigenvalue weighted by Crippen LogP contribution is 2.32. The molecule has 0 aromatic rings. The van der Waals surface area contributed by atoms with E-state index >= 15 is 0 Å². The second-order valence-electron chi connectivity index (χ2n) is 5.75. The van der Waals surface area contributed by atoms with Crippen molar-refractivity contribution in [2.45, 2.75) is 32.6 Å². The molecule has 1 aliphatic carbocycles. The Morgan fingerprint density at radius 2 is 2.11 bits per heavy atom. The molecular formula is C15H23N3O. The van der Waals surface area contributed by atoms with Crippen LogP contribution in [-0.4, -0.2) is 49.1 Å². The van der Waals surface area contributed by atoms with Gasteiger partial charge in [0.15, 0.2) is 5.78 Å². The van der Waals surface area contributed by atoms with Crippen LogP contribution >= 0.6 is 0 Å². The number of carbonyl (C=O) groups excluding carboxylic acids is 1. The maximum absolute atomic E-state index is 12.0. The molecule has 2 heterocycles. The average molecular weight is 261 g/mol. The highest BCUT2D eigenvalue weighted by molar-refractivity contribution is 6.48. The lowest BCUT2D eigenvalue weighted by Crippen LogP contribution is -2.43. The molecule has 1 unspecified atom stereocenters. The van der Waals surface area contributed by atoms with Crippen LogP contribution in [0.5, 0.6) is 0 Å². The molecule has 1 N–H and O–H groups in total. The molecule has 2 fully saturated rings. The molecule has 1 saturated carbocycles. The van der Waals surface area contributed by atoms with Gasteiger partial charge in [-0.3, -0.25) is 9.79 Å². The summed E-state index contributed by atoms with van der Waals surface area (Å²) in [5.74, 6) is 0.864. The number of hydrogen-bond donors (Lipinski definition) is 1. The molecule has 0 amide bonds. The fraction of sp³-hybridized carbons (Fsp3) is 0.733. The van der Waals surface area contributed by atoms with E-state index in [-0.39, 0.29) is 5.78 Å². The number of ketones is 1. The molecule has 3 aliphatic rings. The maximum Gasteiger partial charge on any atom is 0.181 e. The zero-order valence-electron chi connectivity index (χ0n) is 11.7. The number of piperazine rings is 1. The number of hydrogen-bond acceptors (Lipinski definition) is 4. The van der Waals surface area contributed by atoms with Gasteiger partial charge in [0, 0.05) is 50.4 Å². The smallest absolute Gasteiger partial charge is 0.181 e. The molecule has 4 heteroatoms. The first-order chi connectivity index (χ1) is 9.29. The lowest BCUT2D eigenvalue weighted by molar-refractivity contribution is -0.112. The quantitative estimate of drug-likeness (QED) is 0.817. The van der Waals surface area contributed by atoms with E-state index < -0.39 is 0 Å². The van der Waals surface area contributed by atoms with E-state index in [2.05, 4.69) is 22.1 Å². The van der Waals surface area contributed by atoms with Gasteiger partial charge in [-0.05, 0) is 18.8 Å². The molecule has 0 spiro atoms. The van der Waals surface area contributed by atoms with Crippen LogP contribution in [0.4, 0.5) is 0 Å². The first kappa shape index (κ1) is 12.9. The third-order valence-corrected chi connectivity index (χ3v) is 4.57. The van der Waals surface area contributed by atoms with Gasteiger partial charge < -0.3 is 10.2 Å². The number of aliphatic imine (C=N–C) groups is 1. The van der Waals surface area contributed by atoms with Gasteiger partial charge in [0.2, 0.25) is 0 Å². The van der Waals surface area contributed by atoms with Crippen molar-refractivity contribution in [3.8, 4) is 0 Å². The normalized spacial score (nSPS) is 28.3. The molecule has 1 saturated heterocycles. The van der Waals surface area contributed by atoms with Crippen molar-refractivity contribution in [1.82, 2.24) is 10.2 Å². The second kappa shape index (κ2) is 5.45.